The van der Waals surface area contributed by atoms with Crippen molar-refractivity contribution >= 4 is 34.7 Å². The van der Waals surface area contributed by atoms with Crippen molar-refractivity contribution in [3.05, 3.63) is 62.7 Å². The summed E-state index contributed by atoms with van der Waals surface area (Å²) in [6.45, 7) is 0. The summed E-state index contributed by atoms with van der Waals surface area (Å²) in [5, 5.41) is 32.0. The number of benzene rings is 2. The van der Waals surface area contributed by atoms with Gasteiger partial charge in [-0.2, -0.15) is 0 Å². The van der Waals surface area contributed by atoms with Gasteiger partial charge in [0.05, 0.1) is 34.5 Å². The van der Waals surface area contributed by atoms with Crippen LogP contribution in [0.3, 0.4) is 0 Å². The number of nitro benzene ring substituents is 2. The van der Waals surface area contributed by atoms with E-state index in [4.69, 9.17) is 9.15 Å². The second kappa shape index (κ2) is 9.00. The lowest BCUT2D eigenvalue weighted by molar-refractivity contribution is -0.385. The van der Waals surface area contributed by atoms with Crippen LogP contribution in [0.15, 0.2) is 52.1 Å². The molecule has 3 aromatic rings. The van der Waals surface area contributed by atoms with E-state index in [1.54, 1.807) is 6.07 Å². The Morgan fingerprint density at radius 3 is 2.57 bits per heavy atom. The van der Waals surface area contributed by atoms with E-state index >= 15 is 0 Å². The van der Waals surface area contributed by atoms with Crippen molar-refractivity contribution in [2.24, 2.45) is 0 Å². The zero-order chi connectivity index (χ0) is 21.7. The number of thioether (sulfide) groups is 1. The van der Waals surface area contributed by atoms with Gasteiger partial charge in [-0.15, -0.1) is 10.2 Å². The highest BCUT2D eigenvalue weighted by Gasteiger charge is 2.16. The highest BCUT2D eigenvalue weighted by molar-refractivity contribution is 7.99. The van der Waals surface area contributed by atoms with Crippen molar-refractivity contribution in [2.75, 3.05) is 18.2 Å². The molecule has 0 saturated heterocycles. The molecule has 1 N–H and O–H groups in total. The van der Waals surface area contributed by atoms with Gasteiger partial charge in [0.1, 0.15) is 5.75 Å². The number of hydrogen-bond donors (Lipinski definition) is 1. The van der Waals surface area contributed by atoms with E-state index in [0.717, 1.165) is 11.8 Å². The molecule has 12 nitrogen and oxygen atoms in total. The fraction of sp³-hybridized carbons (Fsp3) is 0.118. The number of nitro groups is 2. The Hall–Kier alpha value is -4.00. The van der Waals surface area contributed by atoms with E-state index < -0.39 is 15.8 Å². The first kappa shape index (κ1) is 20.7. The van der Waals surface area contributed by atoms with Crippen LogP contribution in [0.4, 0.5) is 17.1 Å². The van der Waals surface area contributed by atoms with Gasteiger partial charge in [-0.25, -0.2) is 0 Å². The molecule has 0 unspecified atom stereocenters. The number of carbonyl (C=O) groups excluding carboxylic acids is 1. The fourth-order valence-electron chi connectivity index (χ4n) is 2.35. The zero-order valence-corrected chi connectivity index (χ0v) is 16.1. The molecule has 2 aromatic carbocycles. The predicted molar refractivity (Wildman–Crippen MR) is 105 cm³/mol. The molecule has 0 bridgehead atoms. The molecule has 0 saturated carbocycles. The first-order valence-corrected chi connectivity index (χ1v) is 9.19. The van der Waals surface area contributed by atoms with Crippen LogP contribution in [0, 0.1) is 20.2 Å². The molecule has 13 heteroatoms. The quantitative estimate of drug-likeness (QED) is 0.318. The number of nitrogens with one attached hydrogen (secondary N) is 1. The number of anilines is 1. The Morgan fingerprint density at radius 2 is 1.87 bits per heavy atom. The minimum Gasteiger partial charge on any atom is -0.494 e. The number of aromatic nitrogens is 2. The summed E-state index contributed by atoms with van der Waals surface area (Å²) in [4.78, 5) is 32.8. The molecule has 0 fully saturated rings. The van der Waals surface area contributed by atoms with Gasteiger partial charge >= 0.3 is 0 Å². The largest absolute Gasteiger partial charge is 0.494 e. The average Bonchev–Trinajstić information content (AvgIpc) is 3.21. The van der Waals surface area contributed by atoms with Crippen LogP contribution in [-0.2, 0) is 4.79 Å². The van der Waals surface area contributed by atoms with E-state index in [1.807, 2.05) is 0 Å². The molecule has 1 aromatic heterocycles. The monoisotopic (exact) mass is 431 g/mol. The third-order valence-electron chi connectivity index (χ3n) is 3.71. The number of amides is 1. The third kappa shape index (κ3) is 4.88. The standard InChI is InChI=1S/C17H13N5O7S/c1-28-14-8-12(22(26)27)5-6-13(14)18-15(23)9-30-17-20-19-16(29-17)10-3-2-4-11(7-10)21(24)25/h2-8H,9H2,1H3,(H,18,23). The number of ether oxygens (including phenoxy) is 1. The summed E-state index contributed by atoms with van der Waals surface area (Å²) < 4.78 is 10.5. The van der Waals surface area contributed by atoms with E-state index in [0.29, 0.717) is 5.56 Å². The summed E-state index contributed by atoms with van der Waals surface area (Å²) >= 11 is 0.960. The van der Waals surface area contributed by atoms with Crippen LogP contribution in [-0.4, -0.2) is 38.8 Å². The van der Waals surface area contributed by atoms with Crippen molar-refractivity contribution in [2.45, 2.75) is 5.22 Å². The minimum atomic E-state index is -0.571. The number of carbonyl (C=O) groups is 1. The molecule has 0 spiro atoms. The second-order valence-corrected chi connectivity index (χ2v) is 6.59. The third-order valence-corrected chi connectivity index (χ3v) is 4.53. The van der Waals surface area contributed by atoms with Crippen molar-refractivity contribution < 1.29 is 23.8 Å². The molecular formula is C17H13N5O7S. The predicted octanol–water partition coefficient (Wildman–Crippen LogP) is 3.29. The Morgan fingerprint density at radius 1 is 1.13 bits per heavy atom. The van der Waals surface area contributed by atoms with Crippen molar-refractivity contribution in [3.8, 4) is 17.2 Å². The van der Waals surface area contributed by atoms with E-state index in [1.165, 1.54) is 43.5 Å². The summed E-state index contributed by atoms with van der Waals surface area (Å²) in [5.74, 6) is -0.286. The number of hydrogen-bond acceptors (Lipinski definition) is 10. The molecular weight excluding hydrogens is 418 g/mol. The second-order valence-electron chi connectivity index (χ2n) is 5.66. The highest BCUT2D eigenvalue weighted by Crippen LogP contribution is 2.30. The number of rotatable bonds is 8. The van der Waals surface area contributed by atoms with Crippen LogP contribution in [0.25, 0.3) is 11.5 Å². The average molecular weight is 431 g/mol. The fourth-order valence-corrected chi connectivity index (χ4v) is 2.91. The van der Waals surface area contributed by atoms with Gasteiger partial charge in [0.15, 0.2) is 0 Å². The maximum absolute atomic E-state index is 12.2. The molecule has 1 amide bonds. The van der Waals surface area contributed by atoms with Crippen LogP contribution >= 0.6 is 11.8 Å². The van der Waals surface area contributed by atoms with Gasteiger partial charge < -0.3 is 14.5 Å². The Labute approximate surface area is 172 Å². The first-order chi connectivity index (χ1) is 14.4. The SMILES string of the molecule is COc1cc([N+](=O)[O-])ccc1NC(=O)CSc1nnc(-c2cccc([N+](=O)[O-])c2)o1. The lowest BCUT2D eigenvalue weighted by Gasteiger charge is -2.09. The topological polar surface area (TPSA) is 164 Å². The van der Waals surface area contributed by atoms with Crippen LogP contribution < -0.4 is 10.1 Å². The van der Waals surface area contributed by atoms with E-state index in [9.17, 15) is 25.0 Å². The normalized spacial score (nSPS) is 10.4. The lowest BCUT2D eigenvalue weighted by atomic mass is 10.2. The zero-order valence-electron chi connectivity index (χ0n) is 15.3. The molecule has 0 aliphatic carbocycles. The maximum Gasteiger partial charge on any atom is 0.277 e. The molecule has 0 aliphatic heterocycles. The molecule has 0 aliphatic rings. The maximum atomic E-state index is 12.2. The van der Waals surface area contributed by atoms with E-state index in [2.05, 4.69) is 15.5 Å². The van der Waals surface area contributed by atoms with Gasteiger partial charge in [-0.1, -0.05) is 17.8 Å². The van der Waals surface area contributed by atoms with Crippen LogP contribution in [0.1, 0.15) is 0 Å². The van der Waals surface area contributed by atoms with Crippen molar-refractivity contribution in [3.63, 3.8) is 0 Å². The highest BCUT2D eigenvalue weighted by atomic mass is 32.2. The minimum absolute atomic E-state index is 0.0821. The molecule has 3 rings (SSSR count). The van der Waals surface area contributed by atoms with Crippen LogP contribution in [0.5, 0.6) is 5.75 Å². The van der Waals surface area contributed by atoms with E-state index in [-0.39, 0.29) is 39.7 Å². The number of non-ortho nitro benzene ring substituents is 2. The summed E-state index contributed by atoms with van der Waals surface area (Å²) in [6.07, 6.45) is 0. The Bertz CT molecular complexity index is 1120. The number of nitrogens with zero attached hydrogens (tertiary/aromatic N) is 4. The van der Waals surface area contributed by atoms with Gasteiger partial charge in [-0.05, 0) is 12.1 Å². The van der Waals surface area contributed by atoms with Gasteiger partial charge in [0, 0.05) is 23.8 Å². The van der Waals surface area contributed by atoms with Crippen LogP contribution in [0.2, 0.25) is 0 Å². The molecule has 1 heterocycles. The van der Waals surface area contributed by atoms with Crippen molar-refractivity contribution in [1.82, 2.24) is 10.2 Å². The lowest BCUT2D eigenvalue weighted by Crippen LogP contribution is -2.14. The first-order valence-electron chi connectivity index (χ1n) is 8.21. The van der Waals surface area contributed by atoms with Gasteiger partial charge in [0.2, 0.25) is 11.8 Å². The summed E-state index contributed by atoms with van der Waals surface area (Å²) in [7, 11) is 1.33. The van der Waals surface area contributed by atoms with Crippen molar-refractivity contribution in [1.29, 1.82) is 0 Å². The molecule has 30 heavy (non-hydrogen) atoms. The number of methoxy groups -OCH3 is 1. The molecule has 0 atom stereocenters. The smallest absolute Gasteiger partial charge is 0.277 e. The summed E-state index contributed by atoms with van der Waals surface area (Å²) in [6, 6.07) is 9.53. The van der Waals surface area contributed by atoms with Gasteiger partial charge in [0.25, 0.3) is 16.6 Å². The Kier molecular flexibility index (Phi) is 6.22. The van der Waals surface area contributed by atoms with Gasteiger partial charge in [-0.3, -0.25) is 25.0 Å². The summed E-state index contributed by atoms with van der Waals surface area (Å²) in [5.41, 5.74) is 0.371. The molecule has 154 valence electrons. The Balaban J connectivity index is 1.63. The molecule has 0 radical (unpaired) electrons.